The molecule has 4 heteroatoms. The molecule has 0 saturated heterocycles. The van der Waals surface area contributed by atoms with Crippen molar-refractivity contribution in [2.75, 3.05) is 0 Å². The summed E-state index contributed by atoms with van der Waals surface area (Å²) in [5.74, 6) is 0.106. The van der Waals surface area contributed by atoms with Gasteiger partial charge < -0.3 is 10.1 Å². The third-order valence-electron chi connectivity index (χ3n) is 2.75. The van der Waals surface area contributed by atoms with E-state index in [1.807, 2.05) is 24.3 Å². The summed E-state index contributed by atoms with van der Waals surface area (Å²) in [6.45, 7) is 6.41. The maximum absolute atomic E-state index is 11.3. The molecular formula is C14H16N2O2. The molecular weight excluding hydrogens is 228 g/mol. The third kappa shape index (κ3) is 2.59. The maximum atomic E-state index is 11.3. The second-order valence-corrected chi connectivity index (χ2v) is 5.28. The Bertz CT molecular complexity index is 607. The molecule has 0 saturated carbocycles. The highest BCUT2D eigenvalue weighted by molar-refractivity contribution is 5.56. The average Bonchev–Trinajstić information content (AvgIpc) is 2.27. The molecule has 4 nitrogen and oxygen atoms in total. The van der Waals surface area contributed by atoms with Gasteiger partial charge in [-0.25, -0.2) is 0 Å². The molecule has 0 aliphatic heterocycles. The van der Waals surface area contributed by atoms with Crippen molar-refractivity contribution in [1.29, 1.82) is 0 Å². The fourth-order valence-corrected chi connectivity index (χ4v) is 1.71. The summed E-state index contributed by atoms with van der Waals surface area (Å²) >= 11 is 0. The summed E-state index contributed by atoms with van der Waals surface area (Å²) in [5.41, 5.74) is 1.69. The topological polar surface area (TPSA) is 66.0 Å². The van der Waals surface area contributed by atoms with Crippen LogP contribution in [0.25, 0.3) is 11.4 Å². The van der Waals surface area contributed by atoms with Crippen molar-refractivity contribution in [3.63, 3.8) is 0 Å². The molecule has 0 unspecified atom stereocenters. The quantitative estimate of drug-likeness (QED) is 0.809. The van der Waals surface area contributed by atoms with Gasteiger partial charge in [-0.15, -0.1) is 0 Å². The number of nitrogens with zero attached hydrogens (tertiary/aromatic N) is 1. The van der Waals surface area contributed by atoms with Crippen molar-refractivity contribution in [3.05, 3.63) is 46.2 Å². The largest absolute Gasteiger partial charge is 0.493 e. The molecule has 0 atom stereocenters. The van der Waals surface area contributed by atoms with Crippen LogP contribution in [0, 0.1) is 0 Å². The first-order valence-electron chi connectivity index (χ1n) is 5.77. The number of aromatic hydroxyl groups is 1. The Labute approximate surface area is 105 Å². The van der Waals surface area contributed by atoms with Crippen LogP contribution in [-0.2, 0) is 5.41 Å². The van der Waals surface area contributed by atoms with Crippen LogP contribution < -0.4 is 5.56 Å². The predicted octanol–water partition coefficient (Wildman–Crippen LogP) is 2.44. The number of benzene rings is 1. The van der Waals surface area contributed by atoms with Gasteiger partial charge in [0.25, 0.3) is 5.56 Å². The number of H-pyrrole nitrogens is 1. The lowest BCUT2D eigenvalue weighted by molar-refractivity contribution is 0.452. The molecule has 1 heterocycles. The van der Waals surface area contributed by atoms with Crippen molar-refractivity contribution in [2.45, 2.75) is 26.2 Å². The van der Waals surface area contributed by atoms with Gasteiger partial charge in [0, 0.05) is 5.56 Å². The Morgan fingerprint density at radius 3 is 2.28 bits per heavy atom. The van der Waals surface area contributed by atoms with Crippen LogP contribution in [0.15, 0.2) is 35.1 Å². The van der Waals surface area contributed by atoms with Gasteiger partial charge in [-0.3, -0.25) is 4.79 Å². The minimum atomic E-state index is -0.364. The van der Waals surface area contributed by atoms with Crippen molar-refractivity contribution in [2.24, 2.45) is 0 Å². The second kappa shape index (κ2) is 4.29. The maximum Gasteiger partial charge on any atom is 0.254 e. The normalized spacial score (nSPS) is 11.5. The minimum Gasteiger partial charge on any atom is -0.493 e. The van der Waals surface area contributed by atoms with Gasteiger partial charge in [0.2, 0.25) is 5.88 Å². The lowest BCUT2D eigenvalue weighted by Gasteiger charge is -2.19. The smallest absolute Gasteiger partial charge is 0.254 e. The van der Waals surface area contributed by atoms with E-state index in [9.17, 15) is 9.90 Å². The standard InChI is InChI=1S/C14H16N2O2/c1-14(2,3)10-6-4-9(5-7-10)13-15-11(17)8-12(18)16-13/h4-8H,1-3H3,(H2,15,16,17,18). The summed E-state index contributed by atoms with van der Waals surface area (Å²) in [7, 11) is 0. The van der Waals surface area contributed by atoms with Gasteiger partial charge in [0.05, 0.1) is 6.07 Å². The molecule has 0 aliphatic rings. The first-order chi connectivity index (χ1) is 8.36. The summed E-state index contributed by atoms with van der Waals surface area (Å²) < 4.78 is 0. The van der Waals surface area contributed by atoms with Crippen LogP contribution in [0.2, 0.25) is 0 Å². The molecule has 0 amide bonds. The van der Waals surface area contributed by atoms with Gasteiger partial charge in [0.15, 0.2) is 0 Å². The highest BCUT2D eigenvalue weighted by Gasteiger charge is 2.13. The predicted molar refractivity (Wildman–Crippen MR) is 70.7 cm³/mol. The highest BCUT2D eigenvalue weighted by Crippen LogP contribution is 2.24. The summed E-state index contributed by atoms with van der Waals surface area (Å²) in [6.07, 6.45) is 0. The summed E-state index contributed by atoms with van der Waals surface area (Å²) in [6, 6.07) is 8.82. The van der Waals surface area contributed by atoms with Crippen LogP contribution in [0.1, 0.15) is 26.3 Å². The molecule has 0 radical (unpaired) electrons. The van der Waals surface area contributed by atoms with Crippen molar-refractivity contribution in [3.8, 4) is 17.3 Å². The Hall–Kier alpha value is -2.10. The molecule has 2 aromatic rings. The number of nitrogens with one attached hydrogen (secondary N) is 1. The summed E-state index contributed by atoms with van der Waals surface area (Å²) in [5, 5.41) is 9.31. The van der Waals surface area contributed by atoms with E-state index in [1.54, 1.807) is 0 Å². The Morgan fingerprint density at radius 2 is 1.78 bits per heavy atom. The van der Waals surface area contributed by atoms with Crippen molar-refractivity contribution >= 4 is 0 Å². The molecule has 1 aromatic heterocycles. The first-order valence-corrected chi connectivity index (χ1v) is 5.77. The van der Waals surface area contributed by atoms with Crippen molar-refractivity contribution < 1.29 is 5.11 Å². The van der Waals surface area contributed by atoms with E-state index < -0.39 is 0 Å². The van der Waals surface area contributed by atoms with E-state index >= 15 is 0 Å². The molecule has 1 aromatic carbocycles. The average molecular weight is 244 g/mol. The molecule has 18 heavy (non-hydrogen) atoms. The molecule has 2 rings (SSSR count). The molecule has 0 aliphatic carbocycles. The van der Waals surface area contributed by atoms with Gasteiger partial charge >= 0.3 is 0 Å². The lowest BCUT2D eigenvalue weighted by Crippen LogP contribution is -2.11. The minimum absolute atomic E-state index is 0.0815. The first kappa shape index (κ1) is 12.4. The van der Waals surface area contributed by atoms with E-state index in [-0.39, 0.29) is 16.9 Å². The van der Waals surface area contributed by atoms with E-state index in [0.717, 1.165) is 11.6 Å². The van der Waals surface area contributed by atoms with Gasteiger partial charge in [-0.2, -0.15) is 4.98 Å². The number of aromatic nitrogens is 2. The third-order valence-corrected chi connectivity index (χ3v) is 2.75. The lowest BCUT2D eigenvalue weighted by atomic mass is 9.87. The monoisotopic (exact) mass is 244 g/mol. The number of rotatable bonds is 1. The fraction of sp³-hybridized carbons (Fsp3) is 0.286. The Morgan fingerprint density at radius 1 is 1.17 bits per heavy atom. The molecule has 94 valence electrons. The van der Waals surface area contributed by atoms with Crippen LogP contribution in [-0.4, -0.2) is 15.1 Å². The van der Waals surface area contributed by atoms with Crippen molar-refractivity contribution in [1.82, 2.24) is 9.97 Å². The van der Waals surface area contributed by atoms with Crippen LogP contribution >= 0.6 is 0 Å². The molecule has 0 spiro atoms. The number of aromatic amines is 1. The van der Waals surface area contributed by atoms with E-state index in [0.29, 0.717) is 5.82 Å². The number of hydrogen-bond acceptors (Lipinski definition) is 3. The van der Waals surface area contributed by atoms with Crippen LogP contribution in [0.4, 0.5) is 0 Å². The van der Waals surface area contributed by atoms with Gasteiger partial charge in [0.1, 0.15) is 5.82 Å². The molecule has 0 fully saturated rings. The molecule has 2 N–H and O–H groups in total. The second-order valence-electron chi connectivity index (χ2n) is 5.28. The zero-order chi connectivity index (χ0) is 13.3. The van der Waals surface area contributed by atoms with Crippen LogP contribution in [0.5, 0.6) is 5.88 Å². The highest BCUT2D eigenvalue weighted by atomic mass is 16.3. The van der Waals surface area contributed by atoms with Crippen LogP contribution in [0.3, 0.4) is 0 Å². The number of hydrogen-bond donors (Lipinski definition) is 2. The Balaban J connectivity index is 2.43. The van der Waals surface area contributed by atoms with Gasteiger partial charge in [-0.1, -0.05) is 45.0 Å². The Kier molecular flexibility index (Phi) is 2.95. The zero-order valence-corrected chi connectivity index (χ0v) is 10.7. The molecule has 0 bridgehead atoms. The summed E-state index contributed by atoms with van der Waals surface area (Å²) in [4.78, 5) is 17.7. The fourth-order valence-electron chi connectivity index (χ4n) is 1.71. The van der Waals surface area contributed by atoms with E-state index in [1.165, 1.54) is 5.56 Å². The zero-order valence-electron chi connectivity index (χ0n) is 10.7. The van der Waals surface area contributed by atoms with Gasteiger partial charge in [-0.05, 0) is 11.0 Å². The van der Waals surface area contributed by atoms with E-state index in [2.05, 4.69) is 30.7 Å². The SMILES string of the molecule is CC(C)(C)c1ccc(-c2nc(O)cc(=O)[nH]2)cc1. The van der Waals surface area contributed by atoms with E-state index in [4.69, 9.17) is 0 Å².